The summed E-state index contributed by atoms with van der Waals surface area (Å²) >= 11 is 6.40. The van der Waals surface area contributed by atoms with Crippen molar-refractivity contribution in [3.63, 3.8) is 0 Å². The van der Waals surface area contributed by atoms with E-state index in [-0.39, 0.29) is 123 Å². The minimum absolute atomic E-state index is 0. The molecule has 0 saturated carbocycles. The van der Waals surface area contributed by atoms with Gasteiger partial charge < -0.3 is 113 Å². The van der Waals surface area contributed by atoms with E-state index in [2.05, 4.69) is 249 Å². The number of esters is 1. The normalized spacial score (nSPS) is 14.3. The zero-order valence-electron chi connectivity index (χ0n) is 71.6. The molecule has 0 bridgehead atoms. The van der Waals surface area contributed by atoms with Crippen LogP contribution < -0.4 is 105 Å². The molecule has 1 N–H and O–H groups in total. The second kappa shape index (κ2) is 46.0. The molecule has 0 radical (unpaired) electrons. The fourth-order valence-electron chi connectivity index (χ4n) is 9.98. The third-order valence-electron chi connectivity index (χ3n) is 9.68. The fourth-order valence-corrected chi connectivity index (χ4v) is 93.9. The van der Waals surface area contributed by atoms with Crippen LogP contribution in [0.4, 0.5) is 0 Å². The number of halogens is 2. The van der Waals surface area contributed by atoms with Gasteiger partial charge in [-0.1, -0.05) is 6.58 Å². The molecule has 590 valence electrons. The minimum atomic E-state index is -4.03. The molecule has 100 heavy (non-hydrogen) atoms. The maximum absolute atomic E-state index is 12.1. The molecule has 0 aliphatic carbocycles. The zero-order chi connectivity index (χ0) is 77.4. The summed E-state index contributed by atoms with van der Waals surface area (Å²) in [5.74, 6) is -0.0863. The summed E-state index contributed by atoms with van der Waals surface area (Å²) in [6, 6.07) is 0.701. The number of hydrogen-bond acceptors (Lipinski definition) is 22. The summed E-state index contributed by atoms with van der Waals surface area (Å²) in [5, 5.41) is 0. The number of carbonyl (C=O) groups excluding carboxylic acids is 2. The molecule has 0 unspecified atom stereocenters. The first-order valence-electron chi connectivity index (χ1n) is 33.6. The number of rotatable bonds is 45. The van der Waals surface area contributed by atoms with Crippen molar-refractivity contribution in [2.24, 2.45) is 0 Å². The predicted molar refractivity (Wildman–Crippen MR) is 449 cm³/mol. The van der Waals surface area contributed by atoms with Gasteiger partial charge in [-0.15, -0.1) is 11.6 Å². The van der Waals surface area contributed by atoms with E-state index in [1.54, 1.807) is 0 Å². The molecule has 0 heterocycles. The monoisotopic (exact) mass is 1930 g/mol. The van der Waals surface area contributed by atoms with Gasteiger partial charge >= 0.3 is 157 Å². The summed E-state index contributed by atoms with van der Waals surface area (Å²) in [4.78, 5) is 21.0. The molecule has 0 amide bonds. The number of allylic oxidation sites excluding steroid dienone is 1. The van der Waals surface area contributed by atoms with E-state index >= 15 is 0 Å². The van der Waals surface area contributed by atoms with E-state index in [4.69, 9.17) is 95.2 Å². The topological polar surface area (TPSA) is 240 Å². The van der Waals surface area contributed by atoms with Crippen molar-refractivity contribution in [3.05, 3.63) is 25.3 Å². The predicted octanol–water partition coefficient (Wildman–Crippen LogP) is 9.45. The molecular formula is C54H145ClIKNaO22Si20-. The van der Waals surface area contributed by atoms with Crippen LogP contribution in [-0.2, 0) is 88.4 Å². The zero-order valence-corrected chi connectivity index (χ0v) is 99.6. The third kappa shape index (κ3) is 65.2. The molecule has 0 atom stereocenters. The van der Waals surface area contributed by atoms with Gasteiger partial charge in [0, 0.05) is 63.3 Å². The molecule has 22 nitrogen and oxygen atoms in total. The molecule has 0 fully saturated rings. The molecule has 0 aromatic carbocycles. The molecule has 46 heteroatoms. The second-order valence-electron chi connectivity index (χ2n) is 36.3. The first-order chi connectivity index (χ1) is 41.7. The first kappa shape index (κ1) is 119. The summed E-state index contributed by atoms with van der Waals surface area (Å²) in [6.45, 7) is 95.5. The van der Waals surface area contributed by atoms with Gasteiger partial charge in [-0.25, -0.2) is 17.4 Å². The van der Waals surface area contributed by atoms with Crippen molar-refractivity contribution in [1.29, 1.82) is 0 Å². The van der Waals surface area contributed by atoms with Gasteiger partial charge in [0.1, 0.15) is 0 Å². The molecule has 0 aliphatic heterocycles. The second-order valence-corrected chi connectivity index (χ2v) is 116. The molecular weight excluding hydrogens is 1790 g/mol. The molecule has 0 aromatic rings. The van der Waals surface area contributed by atoms with E-state index in [9.17, 15) is 4.79 Å². The van der Waals surface area contributed by atoms with Crippen LogP contribution in [0.25, 0.3) is 0 Å². The Morgan fingerprint density at radius 3 is 0.570 bits per heavy atom. The van der Waals surface area contributed by atoms with Crippen LogP contribution >= 0.6 is 11.6 Å². The number of carbonyl (C=O) groups is 1. The maximum atomic E-state index is 12.1. The molecule has 0 spiro atoms. The van der Waals surface area contributed by atoms with Crippen molar-refractivity contribution in [2.45, 2.75) is 300 Å². The molecule has 0 aromatic heterocycles. The maximum Gasteiger partial charge on any atom is 1.00 e. The van der Waals surface area contributed by atoms with Gasteiger partial charge in [-0.05, 0) is 255 Å². The van der Waals surface area contributed by atoms with Crippen molar-refractivity contribution >= 4 is 194 Å². The van der Waals surface area contributed by atoms with E-state index in [1.165, 1.54) is 6.29 Å². The SMILES string of the molecule is C=CC(=O)OCCC[Si](O[Si](C)(O[Si](C)(C)C)O[Si](C)(C)C)(O[Si](C)(O[Si](C)(C)C)O[Si](C)(C)C)O[Si](C)(O[Si](C)(C)C)O[Si](C)(C)C.C=C[C-]=O.C[Si](C)(C)O[Si](C)(O[Si](C)(C)C)O[Si](CCCCl)(O[Si](C)(O[Si](C)(C)C)O[Si](C)(C)C)O[Si](C)(O[Si](C)(C)C)O[Si](C)(C)C.[I-].[K+].[Na+].[OH-]. The Kier molecular flexibility index (Phi) is 54.7. The average molecular weight is 1930 g/mol. The van der Waals surface area contributed by atoms with Crippen LogP contribution in [0, 0.1) is 0 Å². The van der Waals surface area contributed by atoms with Gasteiger partial charge in [0.2, 0.25) is 0 Å². The van der Waals surface area contributed by atoms with Gasteiger partial charge in [-0.2, -0.15) is 0 Å². The van der Waals surface area contributed by atoms with Crippen molar-refractivity contribution in [3.8, 4) is 0 Å². The van der Waals surface area contributed by atoms with E-state index in [1.807, 2.05) is 39.3 Å². The molecule has 0 aliphatic rings. The van der Waals surface area contributed by atoms with Crippen LogP contribution in [0.3, 0.4) is 0 Å². The summed E-state index contributed by atoms with van der Waals surface area (Å²) in [7, 11) is -54.8. The third-order valence-corrected chi connectivity index (χ3v) is 75.4. The Bertz CT molecular complexity index is 2060. The van der Waals surface area contributed by atoms with Gasteiger partial charge in [0.15, 0.2) is 99.8 Å². The van der Waals surface area contributed by atoms with E-state index < -0.39 is 176 Å². The number of hydrogen-bond donors (Lipinski definition) is 0. The Morgan fingerprint density at radius 2 is 0.460 bits per heavy atom. The van der Waals surface area contributed by atoms with E-state index in [0.29, 0.717) is 24.8 Å². The van der Waals surface area contributed by atoms with Crippen LogP contribution in [0.2, 0.25) is 287 Å². The first-order valence-corrected chi connectivity index (χ1v) is 92.3. The van der Waals surface area contributed by atoms with Crippen LogP contribution in [0.1, 0.15) is 12.8 Å². The number of ether oxygens (including phenoxy) is 1. The van der Waals surface area contributed by atoms with Gasteiger partial charge in [-0.3, -0.25) is 0 Å². The van der Waals surface area contributed by atoms with Crippen LogP contribution in [-0.4, -0.2) is 200 Å². The molecule has 0 saturated heterocycles. The van der Waals surface area contributed by atoms with Crippen LogP contribution in [0.5, 0.6) is 0 Å². The summed E-state index contributed by atoms with van der Waals surface area (Å²) < 4.78 is 132. The Balaban J connectivity index is -0.000000317. The molecule has 0 rings (SSSR count). The Labute approximate surface area is 721 Å². The minimum Gasteiger partial charge on any atom is -1.00 e. The van der Waals surface area contributed by atoms with Gasteiger partial charge in [0.05, 0.1) is 6.61 Å². The standard InChI is InChI=1S/C27H72O11Si10.C24H69ClO9Si10.C3H3O.HI.K.Na.H2O/c1-23-27(28)29-25-24-26-48(36-45(20,30-39(2,3)4)31-40(5,6)7,37-46(21,32-41(8,9)10)33-42(11,12)13)38-47(22,34-43(14,15)16)35-44(17,18)19;1-35(2,3)26-41(19,27-36(4,5)6)32-44(24-22-23-25,33-42(20,28-37(7,8)9)29-38(10,11)12)34-43(21,30-39(13,14)15)31-40(16,17)18;1-2-3-4;;;;/h23H,1,24-26H2,2-22H3;22-24H2,1-21H3;2H,1H2;1H;;;1H2/q;;-1;;2*+1;/p-2. The van der Waals surface area contributed by atoms with Crippen molar-refractivity contribution in [1.82, 2.24) is 0 Å². The quantitative estimate of drug-likeness (QED) is 0.0105. The summed E-state index contributed by atoms with van der Waals surface area (Å²) in [6.07, 6.45) is 4.65. The van der Waals surface area contributed by atoms with Gasteiger partial charge in [0.25, 0.3) is 0 Å². The van der Waals surface area contributed by atoms with Crippen molar-refractivity contribution < 1.29 is 199 Å². The Morgan fingerprint density at radius 1 is 0.320 bits per heavy atom. The van der Waals surface area contributed by atoms with Crippen LogP contribution in [0.15, 0.2) is 25.3 Å². The van der Waals surface area contributed by atoms with Crippen molar-refractivity contribution in [2.75, 3.05) is 12.5 Å². The van der Waals surface area contributed by atoms with E-state index in [0.717, 1.165) is 12.2 Å². The fraction of sp³-hybridized carbons (Fsp3) is 0.889. The largest absolute Gasteiger partial charge is 1.00 e. The Hall–Kier alpha value is 5.85. The number of alkyl halides is 1. The average Bonchev–Trinajstić information content (AvgIpc) is 3.17. The summed E-state index contributed by atoms with van der Waals surface area (Å²) in [5.41, 5.74) is 0. The smallest absolute Gasteiger partial charge is 1.00 e.